The normalized spacial score (nSPS) is 11.1. The molecule has 0 amide bonds. The van der Waals surface area contributed by atoms with Crippen LogP contribution in [0.3, 0.4) is 0 Å². The van der Waals surface area contributed by atoms with Crippen molar-refractivity contribution < 1.29 is 22.7 Å². The first-order valence-corrected chi connectivity index (χ1v) is 10.9. The van der Waals surface area contributed by atoms with Crippen molar-refractivity contribution in [2.75, 3.05) is 24.8 Å². The van der Waals surface area contributed by atoms with E-state index in [0.717, 1.165) is 0 Å². The number of carbonyl (C=O) groups excluding carboxylic acids is 1. The second-order valence-electron chi connectivity index (χ2n) is 5.88. The first-order chi connectivity index (χ1) is 13.3. The fourth-order valence-electron chi connectivity index (χ4n) is 2.55. The lowest BCUT2D eigenvalue weighted by atomic mass is 10.0. The van der Waals surface area contributed by atoms with Gasteiger partial charge in [0.05, 0.1) is 30.4 Å². The van der Waals surface area contributed by atoms with Crippen LogP contribution in [0, 0.1) is 0 Å². The zero-order valence-corrected chi connectivity index (χ0v) is 17.8. The molecule has 2 aromatic rings. The van der Waals surface area contributed by atoms with E-state index < -0.39 is 10.0 Å². The molecule has 0 saturated carbocycles. The second kappa shape index (κ2) is 10.0. The summed E-state index contributed by atoms with van der Waals surface area (Å²) in [6, 6.07) is 8.76. The van der Waals surface area contributed by atoms with E-state index in [0.29, 0.717) is 29.5 Å². The Morgan fingerprint density at radius 2 is 1.79 bits per heavy atom. The number of hydrogen-bond acceptors (Lipinski definition) is 5. The highest BCUT2D eigenvalue weighted by Crippen LogP contribution is 2.35. The van der Waals surface area contributed by atoms with Gasteiger partial charge in [0.1, 0.15) is 11.5 Å². The number of nitrogens with one attached hydrogen (secondary N) is 1. The predicted molar refractivity (Wildman–Crippen MR) is 111 cm³/mol. The number of methoxy groups -OCH3 is 2. The number of halogens is 2. The molecule has 0 fully saturated rings. The summed E-state index contributed by atoms with van der Waals surface area (Å²) in [5, 5.41) is 0.291. The van der Waals surface area contributed by atoms with E-state index in [1.807, 2.05) is 0 Å². The number of benzene rings is 2. The van der Waals surface area contributed by atoms with Crippen LogP contribution in [-0.2, 0) is 10.0 Å². The summed E-state index contributed by atoms with van der Waals surface area (Å²) in [6.45, 7) is 0. The Morgan fingerprint density at radius 3 is 2.39 bits per heavy atom. The van der Waals surface area contributed by atoms with Crippen LogP contribution >= 0.6 is 23.2 Å². The van der Waals surface area contributed by atoms with Crippen LogP contribution in [0.2, 0.25) is 5.02 Å². The van der Waals surface area contributed by atoms with Crippen LogP contribution in [0.5, 0.6) is 11.5 Å². The quantitative estimate of drug-likeness (QED) is 0.324. The van der Waals surface area contributed by atoms with E-state index in [4.69, 9.17) is 32.7 Å². The monoisotopic (exact) mass is 445 g/mol. The lowest BCUT2D eigenvalue weighted by Crippen LogP contribution is -2.14. The average molecular weight is 446 g/mol. The summed E-state index contributed by atoms with van der Waals surface area (Å²) >= 11 is 11.5. The summed E-state index contributed by atoms with van der Waals surface area (Å²) in [5.74, 6) is 0.823. The van der Waals surface area contributed by atoms with Gasteiger partial charge in [-0.2, -0.15) is 0 Å². The van der Waals surface area contributed by atoms with Gasteiger partial charge < -0.3 is 9.47 Å². The maximum Gasteiger partial charge on any atom is 0.262 e. The Labute approximate surface area is 174 Å². The smallest absolute Gasteiger partial charge is 0.262 e. The van der Waals surface area contributed by atoms with E-state index in [1.165, 1.54) is 44.6 Å². The first kappa shape index (κ1) is 22.3. The number of Topliss-reactive ketones (excluding diaryl/α,β-unsaturated/α-hetero) is 1. The molecule has 0 aliphatic rings. The molecule has 0 unspecified atom stereocenters. The fourth-order valence-corrected chi connectivity index (χ4v) is 4.10. The molecule has 1 N–H and O–H groups in total. The van der Waals surface area contributed by atoms with Gasteiger partial charge in [0.15, 0.2) is 5.78 Å². The molecule has 2 rings (SSSR count). The molecule has 0 heterocycles. The van der Waals surface area contributed by atoms with Crippen molar-refractivity contribution in [2.24, 2.45) is 0 Å². The number of sulfonamides is 1. The maximum absolute atomic E-state index is 12.7. The van der Waals surface area contributed by atoms with Crippen LogP contribution in [0.25, 0.3) is 0 Å². The Hall–Kier alpha value is -1.96. The molecule has 9 heteroatoms. The van der Waals surface area contributed by atoms with E-state index in [2.05, 4.69) is 4.72 Å². The molecule has 0 aromatic heterocycles. The van der Waals surface area contributed by atoms with Gasteiger partial charge in [0.2, 0.25) is 0 Å². The zero-order valence-electron chi connectivity index (χ0n) is 15.5. The Balaban J connectivity index is 2.42. The van der Waals surface area contributed by atoms with Crippen LogP contribution in [0.4, 0.5) is 5.69 Å². The van der Waals surface area contributed by atoms with E-state index in [1.54, 1.807) is 6.07 Å². The molecule has 152 valence electrons. The van der Waals surface area contributed by atoms with Crippen molar-refractivity contribution in [3.63, 3.8) is 0 Å². The predicted octanol–water partition coefficient (Wildman–Crippen LogP) is 4.75. The van der Waals surface area contributed by atoms with Gasteiger partial charge in [-0.1, -0.05) is 17.7 Å². The average Bonchev–Trinajstić information content (AvgIpc) is 2.67. The molecule has 0 spiro atoms. The highest BCUT2D eigenvalue weighted by Gasteiger charge is 2.21. The van der Waals surface area contributed by atoms with Crippen LogP contribution in [-0.4, -0.2) is 34.3 Å². The van der Waals surface area contributed by atoms with Gasteiger partial charge in [0, 0.05) is 23.4 Å². The van der Waals surface area contributed by atoms with Gasteiger partial charge >= 0.3 is 0 Å². The SMILES string of the molecule is COc1cc(OC)c(C(=O)CCCCCl)cc1NS(=O)(=O)c1cccc(Cl)c1. The van der Waals surface area contributed by atoms with Crippen molar-refractivity contribution in [3.8, 4) is 11.5 Å². The van der Waals surface area contributed by atoms with E-state index in [-0.39, 0.29) is 34.1 Å². The number of anilines is 1. The van der Waals surface area contributed by atoms with Crippen molar-refractivity contribution in [1.29, 1.82) is 0 Å². The molecule has 6 nitrogen and oxygen atoms in total. The number of ketones is 1. The van der Waals surface area contributed by atoms with Crippen LogP contribution in [0.1, 0.15) is 29.6 Å². The first-order valence-electron chi connectivity index (χ1n) is 8.46. The number of hydrogen-bond donors (Lipinski definition) is 1. The minimum absolute atomic E-state index is 0.00661. The Kier molecular flexibility index (Phi) is 7.98. The van der Waals surface area contributed by atoms with Gasteiger partial charge in [-0.05, 0) is 37.1 Å². The van der Waals surface area contributed by atoms with Crippen molar-refractivity contribution in [1.82, 2.24) is 0 Å². The molecular weight excluding hydrogens is 425 g/mol. The van der Waals surface area contributed by atoms with Crippen molar-refractivity contribution in [3.05, 3.63) is 47.0 Å². The van der Waals surface area contributed by atoms with E-state index >= 15 is 0 Å². The number of unbranched alkanes of at least 4 members (excludes halogenated alkanes) is 1. The lowest BCUT2D eigenvalue weighted by molar-refractivity contribution is 0.0977. The molecule has 0 atom stereocenters. The third-order valence-corrected chi connectivity index (χ3v) is 5.83. The zero-order chi connectivity index (χ0) is 20.7. The topological polar surface area (TPSA) is 81.7 Å². The van der Waals surface area contributed by atoms with Crippen molar-refractivity contribution in [2.45, 2.75) is 24.2 Å². The molecule has 0 aliphatic heterocycles. The highest BCUT2D eigenvalue weighted by atomic mass is 35.5. The molecule has 2 aromatic carbocycles. The van der Waals surface area contributed by atoms with Crippen LogP contribution < -0.4 is 14.2 Å². The van der Waals surface area contributed by atoms with Gasteiger partial charge in [-0.25, -0.2) is 8.42 Å². The summed E-state index contributed by atoms with van der Waals surface area (Å²) in [7, 11) is -1.11. The number of carbonyl (C=O) groups is 1. The minimum Gasteiger partial charge on any atom is -0.496 e. The molecule has 0 radical (unpaired) electrons. The second-order valence-corrected chi connectivity index (χ2v) is 8.38. The number of ether oxygens (including phenoxy) is 2. The third-order valence-electron chi connectivity index (χ3n) is 3.96. The lowest BCUT2D eigenvalue weighted by Gasteiger charge is -2.16. The standard InChI is InChI=1S/C19H21Cl2NO5S/c1-26-18-12-19(27-2)16(11-15(18)17(23)8-3-4-9-20)22-28(24,25)14-7-5-6-13(21)10-14/h5-7,10-12,22H,3-4,8-9H2,1-2H3. The summed E-state index contributed by atoms with van der Waals surface area (Å²) < 4.78 is 38.4. The minimum atomic E-state index is -3.94. The Morgan fingerprint density at radius 1 is 1.07 bits per heavy atom. The van der Waals surface area contributed by atoms with E-state index in [9.17, 15) is 13.2 Å². The third kappa shape index (κ3) is 5.53. The summed E-state index contributed by atoms with van der Waals surface area (Å²) in [5.41, 5.74) is 0.394. The highest BCUT2D eigenvalue weighted by molar-refractivity contribution is 7.92. The molecule has 0 saturated heterocycles. The number of alkyl halides is 1. The molecule has 0 bridgehead atoms. The Bertz CT molecular complexity index is 947. The van der Waals surface area contributed by atoms with Crippen LogP contribution in [0.15, 0.2) is 41.3 Å². The summed E-state index contributed by atoms with van der Waals surface area (Å²) in [6.07, 6.45) is 1.61. The van der Waals surface area contributed by atoms with Crippen molar-refractivity contribution >= 4 is 44.7 Å². The molecular formula is C19H21Cl2NO5S. The molecule has 0 aliphatic carbocycles. The molecule has 28 heavy (non-hydrogen) atoms. The van der Waals surface area contributed by atoms with Gasteiger partial charge in [-0.15, -0.1) is 11.6 Å². The van der Waals surface area contributed by atoms with Gasteiger partial charge in [0.25, 0.3) is 10.0 Å². The fraction of sp³-hybridized carbons (Fsp3) is 0.316. The summed E-state index contributed by atoms with van der Waals surface area (Å²) in [4.78, 5) is 12.6. The van der Waals surface area contributed by atoms with Gasteiger partial charge in [-0.3, -0.25) is 9.52 Å². The number of rotatable bonds is 10. The largest absolute Gasteiger partial charge is 0.496 e. The maximum atomic E-state index is 12.7.